The number of alkyl halides is 3. The Morgan fingerprint density at radius 1 is 0.935 bits per heavy atom. The molecule has 1 aliphatic heterocycles. The van der Waals surface area contributed by atoms with Gasteiger partial charge in [0.05, 0.1) is 29.1 Å². The van der Waals surface area contributed by atoms with Crippen LogP contribution in [-0.4, -0.2) is 50.4 Å². The molecule has 1 aliphatic carbocycles. The number of hydrogen-bond acceptors (Lipinski definition) is 5. The van der Waals surface area contributed by atoms with E-state index in [2.05, 4.69) is 10.6 Å². The summed E-state index contributed by atoms with van der Waals surface area (Å²) in [6.07, 6.45) is 0.258. The third-order valence-corrected chi connectivity index (χ3v) is 10.6. The van der Waals surface area contributed by atoms with E-state index >= 15 is 0 Å². The van der Waals surface area contributed by atoms with Gasteiger partial charge in [-0.05, 0) is 79.0 Å². The zero-order chi connectivity index (χ0) is 32.0. The summed E-state index contributed by atoms with van der Waals surface area (Å²) in [6, 6.07) is 19.0. The van der Waals surface area contributed by atoms with Crippen LogP contribution in [0.15, 0.2) is 72.8 Å². The van der Waals surface area contributed by atoms with E-state index in [9.17, 15) is 31.5 Å². The maximum absolute atomic E-state index is 13.8. The Morgan fingerprint density at radius 3 is 2.35 bits per heavy atom. The van der Waals surface area contributed by atoms with Crippen molar-refractivity contribution in [2.75, 3.05) is 23.1 Å². The van der Waals surface area contributed by atoms with E-state index in [0.29, 0.717) is 36.2 Å². The highest BCUT2D eigenvalue weighted by Crippen LogP contribution is 2.37. The largest absolute Gasteiger partial charge is 0.416 e. The van der Waals surface area contributed by atoms with E-state index in [4.69, 9.17) is 0 Å². The molecule has 2 atom stereocenters. The number of aliphatic hydroxyl groups is 1. The molecule has 0 bridgehead atoms. The van der Waals surface area contributed by atoms with Gasteiger partial charge >= 0.3 is 6.18 Å². The molecule has 1 saturated carbocycles. The minimum Gasteiger partial charge on any atom is -0.390 e. The highest BCUT2D eigenvalue weighted by atomic mass is 35.5. The van der Waals surface area contributed by atoms with Crippen LogP contribution in [0.5, 0.6) is 0 Å². The number of benzene rings is 3. The zero-order valence-electron chi connectivity index (χ0n) is 25.5. The highest BCUT2D eigenvalue weighted by Gasteiger charge is 2.31. The first-order chi connectivity index (χ1) is 21.5. The molecular weight excluding hydrogens is 639 g/mol. The summed E-state index contributed by atoms with van der Waals surface area (Å²) >= 11 is 0. The number of halogens is 4. The summed E-state index contributed by atoms with van der Waals surface area (Å²) in [5.74, 6) is -0.112. The quantitative estimate of drug-likeness (QED) is 0.224. The van der Waals surface area contributed by atoms with Crippen molar-refractivity contribution in [3.8, 4) is 0 Å². The molecule has 2 aliphatic rings. The smallest absolute Gasteiger partial charge is 0.390 e. The topological polar surface area (TPSA) is 98.7 Å². The first-order valence-corrected chi connectivity index (χ1v) is 17.2. The van der Waals surface area contributed by atoms with Crippen LogP contribution in [-0.2, 0) is 29.2 Å². The molecule has 1 amide bonds. The van der Waals surface area contributed by atoms with Crippen molar-refractivity contribution < 1.29 is 31.5 Å². The standard InChI is InChI=1S/C34H40F3N3O4S.ClH/c35-34(36,37)29-14-8-11-25(17-29)22-38-23-32(41)31(18-24-9-2-1-3-10-24)39-33(42)28-19-27(26-12-4-5-13-26)20-30(21-28)40-15-6-7-16-45(40,43)44;/h1-3,8-11,14,17,19-21,26,31-32,38,41H,4-7,12-13,15-16,18,22-23H2,(H,39,42);1H/t31-,32+;/m0./s1. The van der Waals surface area contributed by atoms with Gasteiger partial charge < -0.3 is 15.7 Å². The van der Waals surface area contributed by atoms with Gasteiger partial charge in [-0.15, -0.1) is 12.4 Å². The number of carbonyl (C=O) groups excluding carboxylic acids is 1. The molecule has 250 valence electrons. The van der Waals surface area contributed by atoms with Crippen molar-refractivity contribution in [1.29, 1.82) is 0 Å². The summed E-state index contributed by atoms with van der Waals surface area (Å²) in [5, 5.41) is 17.2. The molecule has 2 fully saturated rings. The molecule has 1 heterocycles. The number of amides is 1. The number of nitrogens with one attached hydrogen (secondary N) is 2. The summed E-state index contributed by atoms with van der Waals surface area (Å²) < 4.78 is 66.8. The molecule has 46 heavy (non-hydrogen) atoms. The fourth-order valence-electron chi connectivity index (χ4n) is 6.25. The van der Waals surface area contributed by atoms with Crippen molar-refractivity contribution in [3.63, 3.8) is 0 Å². The van der Waals surface area contributed by atoms with Crippen molar-refractivity contribution >= 4 is 34.0 Å². The fourth-order valence-corrected chi connectivity index (χ4v) is 7.87. The predicted molar refractivity (Wildman–Crippen MR) is 176 cm³/mol. The number of sulfonamides is 1. The summed E-state index contributed by atoms with van der Waals surface area (Å²) in [7, 11) is -3.49. The van der Waals surface area contributed by atoms with Gasteiger partial charge in [0.15, 0.2) is 0 Å². The lowest BCUT2D eigenvalue weighted by Gasteiger charge is -2.30. The van der Waals surface area contributed by atoms with Crippen molar-refractivity contribution in [3.05, 3.63) is 101 Å². The molecule has 1 saturated heterocycles. The van der Waals surface area contributed by atoms with Crippen molar-refractivity contribution in [2.45, 2.75) is 75.7 Å². The highest BCUT2D eigenvalue weighted by molar-refractivity contribution is 7.92. The second-order valence-electron chi connectivity index (χ2n) is 12.1. The number of hydrogen-bond donors (Lipinski definition) is 3. The molecule has 0 spiro atoms. The van der Waals surface area contributed by atoms with Crippen molar-refractivity contribution in [2.24, 2.45) is 0 Å². The average molecular weight is 680 g/mol. The lowest BCUT2D eigenvalue weighted by molar-refractivity contribution is -0.137. The Kier molecular flexibility index (Phi) is 12.2. The Balaban J connectivity index is 0.00000480. The van der Waals surface area contributed by atoms with Crippen molar-refractivity contribution in [1.82, 2.24) is 10.6 Å². The zero-order valence-corrected chi connectivity index (χ0v) is 27.1. The molecule has 3 aromatic carbocycles. The van der Waals surface area contributed by atoms with E-state index in [0.717, 1.165) is 55.4 Å². The Morgan fingerprint density at radius 2 is 1.65 bits per heavy atom. The molecule has 3 aromatic rings. The lowest BCUT2D eigenvalue weighted by atomic mass is 9.94. The van der Waals surface area contributed by atoms with Crippen LogP contribution in [0.25, 0.3) is 0 Å². The van der Waals surface area contributed by atoms with Crippen LogP contribution >= 0.6 is 12.4 Å². The van der Waals surface area contributed by atoms with Gasteiger partial charge in [-0.3, -0.25) is 9.10 Å². The monoisotopic (exact) mass is 679 g/mol. The normalized spacial score (nSPS) is 18.0. The molecule has 12 heteroatoms. The van der Waals surface area contributed by atoms with Crippen LogP contribution in [0.3, 0.4) is 0 Å². The third-order valence-electron chi connectivity index (χ3n) is 8.68. The average Bonchev–Trinajstić information content (AvgIpc) is 3.56. The Bertz CT molecular complexity index is 1570. The first-order valence-electron chi connectivity index (χ1n) is 15.5. The number of nitrogens with zero attached hydrogens (tertiary/aromatic N) is 1. The van der Waals surface area contributed by atoms with E-state index < -0.39 is 39.8 Å². The number of anilines is 1. The molecule has 5 rings (SSSR count). The molecule has 0 aromatic heterocycles. The first kappa shape index (κ1) is 35.7. The number of carbonyl (C=O) groups is 1. The van der Waals surface area contributed by atoms with Gasteiger partial charge in [0.2, 0.25) is 10.0 Å². The molecule has 7 nitrogen and oxygen atoms in total. The van der Waals surface area contributed by atoms with Gasteiger partial charge in [0.25, 0.3) is 5.91 Å². The van der Waals surface area contributed by atoms with Gasteiger partial charge in [-0.1, -0.05) is 61.4 Å². The van der Waals surface area contributed by atoms with Crippen LogP contribution in [0.1, 0.15) is 77.1 Å². The van der Waals surface area contributed by atoms with Crippen LogP contribution in [0.2, 0.25) is 0 Å². The fraction of sp³-hybridized carbons (Fsp3) is 0.441. The van der Waals surface area contributed by atoms with Crippen LogP contribution in [0, 0.1) is 0 Å². The molecule has 0 radical (unpaired) electrons. The molecule has 3 N–H and O–H groups in total. The van der Waals surface area contributed by atoms with Gasteiger partial charge in [0, 0.05) is 25.2 Å². The predicted octanol–water partition coefficient (Wildman–Crippen LogP) is 6.21. The van der Waals surface area contributed by atoms with Crippen LogP contribution in [0.4, 0.5) is 18.9 Å². The number of aliphatic hydroxyl groups excluding tert-OH is 1. The second kappa shape index (κ2) is 15.6. The van der Waals surface area contributed by atoms with Crippen LogP contribution < -0.4 is 14.9 Å². The van der Waals surface area contributed by atoms with Gasteiger partial charge in [-0.2, -0.15) is 13.2 Å². The maximum Gasteiger partial charge on any atom is 0.416 e. The Hall–Kier alpha value is -3.12. The lowest BCUT2D eigenvalue weighted by Crippen LogP contribution is -2.48. The molecule has 0 unspecified atom stereocenters. The SMILES string of the molecule is Cl.O=C(N[C@@H](Cc1ccccc1)[C@H](O)CNCc1cccc(C(F)(F)F)c1)c1cc(C2CCCC2)cc(N2CCCCS2(=O)=O)c1. The van der Waals surface area contributed by atoms with Gasteiger partial charge in [0.1, 0.15) is 0 Å². The van der Waals surface area contributed by atoms with Gasteiger partial charge in [-0.25, -0.2) is 8.42 Å². The second-order valence-corrected chi connectivity index (χ2v) is 14.1. The third kappa shape index (κ3) is 9.24. The minimum atomic E-state index is -4.45. The maximum atomic E-state index is 13.8. The van der Waals surface area contributed by atoms with E-state index in [1.807, 2.05) is 42.5 Å². The summed E-state index contributed by atoms with van der Waals surface area (Å²) in [4.78, 5) is 13.8. The van der Waals surface area contributed by atoms with E-state index in [-0.39, 0.29) is 37.2 Å². The summed E-state index contributed by atoms with van der Waals surface area (Å²) in [6.45, 7) is 0.488. The molecular formula is C34H41ClF3N3O4S. The summed E-state index contributed by atoms with van der Waals surface area (Å²) in [5.41, 5.74) is 2.33. The number of rotatable bonds is 11. The minimum absolute atomic E-state index is 0. The Labute approximate surface area is 275 Å². The van der Waals surface area contributed by atoms with E-state index in [1.54, 1.807) is 12.1 Å². The van der Waals surface area contributed by atoms with E-state index in [1.165, 1.54) is 10.4 Å².